The molecule has 20 unspecified atom stereocenters. The van der Waals surface area contributed by atoms with Crippen LogP contribution in [0.25, 0.3) is 0 Å². The van der Waals surface area contributed by atoms with Gasteiger partial charge >= 0.3 is 0 Å². The number of amides is 5. The minimum absolute atomic E-state index is 0.0973. The lowest BCUT2D eigenvalue weighted by Gasteiger charge is -2.46. The highest BCUT2D eigenvalue weighted by Gasteiger charge is 2.54. The molecule has 0 saturated carbocycles. The van der Waals surface area contributed by atoms with Gasteiger partial charge in [-0.1, -0.05) is 48.9 Å². The fourth-order valence-electron chi connectivity index (χ4n) is 11.0. The molecule has 0 aliphatic carbocycles. The van der Waals surface area contributed by atoms with Crippen LogP contribution in [0.5, 0.6) is 5.75 Å². The minimum atomic E-state index is -2.34. The SMILES string of the molecule is CC(c1ccccc1Cl)[C@H](NC(=O)CN)C(=O)N[C@@H](Cc1ccc(OC2OC(CO)C(OC3OC(CO)C(O)C(O)C3O)C(O)C2O)cc1)C(=O)N[C@H](C(=O)N[C@H](C(=O)N[C@H]([C]=O)CO)C(O)C1CNC(=N)N1C1OC(CO)C(O)C(O)C1O)C(O)C1CNC(=N)N1. The summed E-state index contributed by atoms with van der Waals surface area (Å²) in [4.78, 5) is 84.5. The molecule has 7 rings (SSSR count). The summed E-state index contributed by atoms with van der Waals surface area (Å²) < 4.78 is 28.2. The lowest BCUT2D eigenvalue weighted by atomic mass is 9.91. The van der Waals surface area contributed by atoms with E-state index in [0.29, 0.717) is 5.56 Å². The van der Waals surface area contributed by atoms with Gasteiger partial charge in [0.25, 0.3) is 0 Å². The fourth-order valence-corrected chi connectivity index (χ4v) is 11.3. The van der Waals surface area contributed by atoms with Gasteiger partial charge in [0.1, 0.15) is 121 Å². The van der Waals surface area contributed by atoms with Gasteiger partial charge in [0, 0.05) is 30.5 Å². The summed E-state index contributed by atoms with van der Waals surface area (Å²) in [7, 11) is 0. The van der Waals surface area contributed by atoms with Crippen molar-refractivity contribution in [1.82, 2.24) is 47.4 Å². The zero-order valence-electron chi connectivity index (χ0n) is 48.9. The standard InChI is InChI=1S/C54H78ClN12O25/c1-19(23-4-2-3-5-24(23)55)32(64-31(73)11-56)47(85)62-25(10-20-6-8-22(9-7-20)88-51-44(83)41(80)45(30(18-72)91-51)92-52-43(82)40(79)38(77)29(17-71)90-52)46(84)65-33(35(74)26-12-59-53(57)63-26)49(87)66-34(48(86)61-21(14-68)15-69)36(75)27-13-60-54(58)67(27)50-42(81)39(78)37(76)28(16-70)89-50/h2-9,19,21,25-30,32-45,50-52,68,70-72,74-83H,10-14,16-18,56H2,1H3,(H2,58,60)(H,61,86)(H,62,85)(H,64,73)(H,65,84)(H,66,87)(H3,57,59,63)/t19?,21-,25-,26?,27?,28?,29?,30?,32-,33-,34-,35?,36?,37?,38?,39?,40?,41?,42?,43?,44?,45?,50?,51?,52?/m0/s1. The summed E-state index contributed by atoms with van der Waals surface area (Å²) in [6.45, 7) is -3.56. The number of rotatable bonds is 28. The highest BCUT2D eigenvalue weighted by molar-refractivity contribution is 6.31. The number of halogens is 1. The Morgan fingerprint density at radius 1 is 0.685 bits per heavy atom. The van der Waals surface area contributed by atoms with E-state index in [-0.39, 0.29) is 28.8 Å². The van der Waals surface area contributed by atoms with Crippen molar-refractivity contribution >= 4 is 59.3 Å². The first-order valence-corrected chi connectivity index (χ1v) is 29.2. The molecular formula is C54H78ClN12O25. The van der Waals surface area contributed by atoms with Crippen molar-refractivity contribution < 1.29 is 124 Å². The largest absolute Gasteiger partial charge is 0.462 e. The molecule has 5 aliphatic heterocycles. The maximum Gasteiger partial charge on any atom is 0.246 e. The maximum atomic E-state index is 15.1. The van der Waals surface area contributed by atoms with E-state index in [9.17, 15) is 95.5 Å². The number of hydrogen-bond acceptors (Lipinski definition) is 28. The first kappa shape index (κ1) is 72.8. The lowest BCUT2D eigenvalue weighted by molar-refractivity contribution is -0.352. The van der Waals surface area contributed by atoms with Crippen LogP contribution in [0.3, 0.4) is 0 Å². The van der Waals surface area contributed by atoms with E-state index in [4.69, 9.17) is 51.8 Å². The molecule has 2 aromatic carbocycles. The van der Waals surface area contributed by atoms with Crippen molar-refractivity contribution in [2.75, 3.05) is 46.1 Å². The molecule has 511 valence electrons. The summed E-state index contributed by atoms with van der Waals surface area (Å²) in [6, 6.07) is -1.27. The van der Waals surface area contributed by atoms with Gasteiger partial charge in [-0.25, -0.2) is 0 Å². The van der Waals surface area contributed by atoms with Gasteiger partial charge in [0.05, 0.1) is 45.1 Å². The van der Waals surface area contributed by atoms with Crippen molar-refractivity contribution in [3.05, 3.63) is 64.7 Å². The van der Waals surface area contributed by atoms with Gasteiger partial charge in [-0.2, -0.15) is 0 Å². The number of guanidine groups is 2. The highest BCUT2D eigenvalue weighted by Crippen LogP contribution is 2.33. The van der Waals surface area contributed by atoms with E-state index in [2.05, 4.69) is 42.5 Å². The van der Waals surface area contributed by atoms with Crippen LogP contribution >= 0.6 is 11.6 Å². The lowest BCUT2D eigenvalue weighted by Crippen LogP contribution is -2.69. The van der Waals surface area contributed by atoms with Crippen LogP contribution in [0.1, 0.15) is 24.0 Å². The predicted octanol–water partition coefficient (Wildman–Crippen LogP) is -12.6. The van der Waals surface area contributed by atoms with Crippen LogP contribution in [-0.4, -0.2) is 317 Å². The van der Waals surface area contributed by atoms with E-state index in [1.807, 2.05) is 0 Å². The number of nitrogens with one attached hydrogen (secondary N) is 10. The molecule has 5 amide bonds. The van der Waals surface area contributed by atoms with Gasteiger partial charge < -0.3 is 148 Å². The number of benzene rings is 2. The molecule has 5 aliphatic rings. The van der Waals surface area contributed by atoms with Crippen LogP contribution in [0.2, 0.25) is 5.02 Å². The Labute approximate surface area is 528 Å². The summed E-state index contributed by atoms with van der Waals surface area (Å²) in [5.41, 5.74) is 6.18. The van der Waals surface area contributed by atoms with Crippen molar-refractivity contribution in [3.8, 4) is 5.75 Å². The van der Waals surface area contributed by atoms with E-state index >= 15 is 4.79 Å². The topological polar surface area (TPSA) is 605 Å². The smallest absolute Gasteiger partial charge is 0.246 e. The highest BCUT2D eigenvalue weighted by atomic mass is 35.5. The maximum absolute atomic E-state index is 15.1. The van der Waals surface area contributed by atoms with Crippen molar-refractivity contribution in [1.29, 1.82) is 10.8 Å². The Kier molecular flexibility index (Phi) is 25.7. The number of nitrogens with two attached hydrogens (primary N) is 1. The fraction of sp³-hybridized carbons (Fsp3) is 0.630. The Morgan fingerprint density at radius 2 is 1.26 bits per heavy atom. The Morgan fingerprint density at radius 3 is 1.86 bits per heavy atom. The van der Waals surface area contributed by atoms with Gasteiger partial charge in [0.15, 0.2) is 24.4 Å². The minimum Gasteiger partial charge on any atom is -0.462 e. The van der Waals surface area contributed by atoms with Gasteiger partial charge in [-0.3, -0.25) is 39.6 Å². The van der Waals surface area contributed by atoms with Crippen molar-refractivity contribution in [2.45, 2.75) is 166 Å². The second-order valence-electron chi connectivity index (χ2n) is 22.3. The van der Waals surface area contributed by atoms with Crippen LogP contribution in [-0.2, 0) is 54.1 Å². The van der Waals surface area contributed by atoms with Crippen LogP contribution in [0.15, 0.2) is 48.5 Å². The molecule has 0 bridgehead atoms. The normalized spacial score (nSPS) is 32.4. The monoisotopic (exact) mass is 1330 g/mol. The van der Waals surface area contributed by atoms with E-state index in [0.717, 1.165) is 4.90 Å². The summed E-state index contributed by atoms with van der Waals surface area (Å²) in [6.07, 6.45) is -30.7. The molecule has 38 heteroatoms. The van der Waals surface area contributed by atoms with Crippen LogP contribution in [0.4, 0.5) is 0 Å². The summed E-state index contributed by atoms with van der Waals surface area (Å²) in [5, 5.41) is 186. The molecule has 5 saturated heterocycles. The molecule has 37 nitrogen and oxygen atoms in total. The van der Waals surface area contributed by atoms with Crippen LogP contribution < -0.4 is 53.0 Å². The van der Waals surface area contributed by atoms with E-state index < -0.39 is 234 Å². The first-order valence-electron chi connectivity index (χ1n) is 28.9. The third-order valence-electron chi connectivity index (χ3n) is 16.2. The molecule has 92 heavy (non-hydrogen) atoms. The molecule has 5 fully saturated rings. The van der Waals surface area contributed by atoms with E-state index in [1.54, 1.807) is 18.2 Å². The van der Waals surface area contributed by atoms with Gasteiger partial charge in [0.2, 0.25) is 42.1 Å². The predicted molar refractivity (Wildman–Crippen MR) is 308 cm³/mol. The molecule has 25 atom stereocenters. The molecule has 1 radical (unpaired) electrons. The van der Waals surface area contributed by atoms with Crippen molar-refractivity contribution in [2.24, 2.45) is 5.73 Å². The quantitative estimate of drug-likeness (QED) is 0.0376. The third kappa shape index (κ3) is 16.6. The molecule has 5 heterocycles. The number of aliphatic hydroxyl groups is 14. The molecule has 0 aromatic heterocycles. The average molecular weight is 1330 g/mol. The Balaban J connectivity index is 1.20. The van der Waals surface area contributed by atoms with Gasteiger partial charge in [-0.05, 0) is 29.3 Å². The number of hydrogen-bond donors (Lipinski definition) is 25. The number of aliphatic hydroxyl groups excluding tert-OH is 14. The zero-order valence-corrected chi connectivity index (χ0v) is 49.6. The number of ether oxygens (including phenoxy) is 5. The first-order chi connectivity index (χ1) is 43.7. The second-order valence-corrected chi connectivity index (χ2v) is 22.7. The summed E-state index contributed by atoms with van der Waals surface area (Å²) in [5.74, 6) is -8.12. The third-order valence-corrected chi connectivity index (χ3v) is 16.6. The van der Waals surface area contributed by atoms with Crippen molar-refractivity contribution in [3.63, 3.8) is 0 Å². The second kappa shape index (κ2) is 32.5. The van der Waals surface area contributed by atoms with Gasteiger partial charge in [-0.15, -0.1) is 0 Å². The van der Waals surface area contributed by atoms with E-state index in [1.165, 1.54) is 43.5 Å². The molecule has 0 spiro atoms. The molecular weight excluding hydrogens is 1250 g/mol. The van der Waals surface area contributed by atoms with Crippen LogP contribution in [0, 0.1) is 10.8 Å². The molecule has 2 aromatic rings. The molecule has 26 N–H and O–H groups in total. The number of nitrogens with zero attached hydrogens (tertiary/aromatic N) is 1. The zero-order chi connectivity index (χ0) is 67.6. The summed E-state index contributed by atoms with van der Waals surface area (Å²) >= 11 is 6.54. The Hall–Kier alpha value is -6.67. The number of carbonyl (C=O) groups excluding carboxylic acids is 6. The number of carbonyl (C=O) groups is 5. The average Bonchev–Trinajstić information content (AvgIpc) is 1.42. The Bertz CT molecular complexity index is 2880.